The number of rotatable bonds is 3. The number of carbonyl (C=O) groups is 3. The van der Waals surface area contributed by atoms with E-state index in [0.29, 0.717) is 12.2 Å². The minimum Gasteiger partial charge on any atom is -0.324 e. The minimum absolute atomic E-state index is 0.0125. The number of amides is 3. The van der Waals surface area contributed by atoms with E-state index in [1.165, 1.54) is 19.1 Å². The fourth-order valence-corrected chi connectivity index (χ4v) is 4.01. The Labute approximate surface area is 172 Å². The molecule has 0 aromatic heterocycles. The summed E-state index contributed by atoms with van der Waals surface area (Å²) < 4.78 is 13.4. The maximum atomic E-state index is 13.4. The number of anilines is 3. The van der Waals surface area contributed by atoms with Crippen molar-refractivity contribution in [2.24, 2.45) is 5.92 Å². The Morgan fingerprint density at radius 2 is 2.00 bits per heavy atom. The van der Waals surface area contributed by atoms with Gasteiger partial charge < -0.3 is 15.1 Å². The number of nitrogens with one attached hydrogen (secondary N) is 1. The monoisotopic (exact) mass is 415 g/mol. The molecule has 0 radical (unpaired) electrons. The van der Waals surface area contributed by atoms with Gasteiger partial charge in [0.1, 0.15) is 5.82 Å². The lowest BCUT2D eigenvalue weighted by atomic mass is 10.1. The topological polar surface area (TPSA) is 69.7 Å². The number of fused-ring (bicyclic) bond motifs is 1. The molecule has 8 heteroatoms. The van der Waals surface area contributed by atoms with Crippen molar-refractivity contribution in [2.45, 2.75) is 19.8 Å². The van der Waals surface area contributed by atoms with Crippen LogP contribution in [-0.4, -0.2) is 30.8 Å². The summed E-state index contributed by atoms with van der Waals surface area (Å²) in [5, 5.41) is 2.84. The third-order valence-electron chi connectivity index (χ3n) is 5.33. The number of benzene rings is 2. The molecule has 0 saturated carbocycles. The molecule has 1 fully saturated rings. The van der Waals surface area contributed by atoms with Gasteiger partial charge in [-0.3, -0.25) is 14.4 Å². The van der Waals surface area contributed by atoms with E-state index in [4.69, 9.17) is 11.6 Å². The average Bonchev–Trinajstić information content (AvgIpc) is 3.27. The Balaban J connectivity index is 1.49. The molecule has 0 unspecified atom stereocenters. The second kappa shape index (κ2) is 7.48. The summed E-state index contributed by atoms with van der Waals surface area (Å²) in [7, 11) is 0. The standard InChI is InChI=1S/C21H19ClFN3O3/c1-12(27)25-7-6-13-8-16(3-5-19(13)25)26-11-14(9-20(26)28)21(29)24-18-10-15(23)2-4-17(18)22/h2-5,8,10,14H,6-7,9,11H2,1H3,(H,24,29)/t14-/m1/s1. The molecule has 3 amide bonds. The molecule has 1 atom stereocenters. The molecule has 150 valence electrons. The van der Waals surface area contributed by atoms with Crippen LogP contribution < -0.4 is 15.1 Å². The molecule has 6 nitrogen and oxygen atoms in total. The van der Waals surface area contributed by atoms with Crippen LogP contribution in [0.5, 0.6) is 0 Å². The fraction of sp³-hybridized carbons (Fsp3) is 0.286. The highest BCUT2D eigenvalue weighted by atomic mass is 35.5. The summed E-state index contributed by atoms with van der Waals surface area (Å²) in [6.45, 7) is 2.38. The first-order chi connectivity index (χ1) is 13.8. The van der Waals surface area contributed by atoms with Crippen molar-refractivity contribution in [3.05, 3.63) is 52.8 Å². The predicted molar refractivity (Wildman–Crippen MR) is 109 cm³/mol. The quantitative estimate of drug-likeness (QED) is 0.835. The van der Waals surface area contributed by atoms with Gasteiger partial charge in [0.25, 0.3) is 0 Å². The first-order valence-electron chi connectivity index (χ1n) is 9.31. The van der Waals surface area contributed by atoms with Gasteiger partial charge in [-0.1, -0.05) is 11.6 Å². The highest BCUT2D eigenvalue weighted by molar-refractivity contribution is 6.33. The van der Waals surface area contributed by atoms with Gasteiger partial charge in [0, 0.05) is 37.8 Å². The smallest absolute Gasteiger partial charge is 0.229 e. The Morgan fingerprint density at radius 1 is 1.21 bits per heavy atom. The molecular weight excluding hydrogens is 397 g/mol. The Morgan fingerprint density at radius 3 is 2.76 bits per heavy atom. The van der Waals surface area contributed by atoms with E-state index < -0.39 is 11.7 Å². The van der Waals surface area contributed by atoms with Crippen molar-refractivity contribution in [1.29, 1.82) is 0 Å². The maximum Gasteiger partial charge on any atom is 0.229 e. The van der Waals surface area contributed by atoms with Crippen molar-refractivity contribution in [3.8, 4) is 0 Å². The number of carbonyl (C=O) groups excluding carboxylic acids is 3. The van der Waals surface area contributed by atoms with E-state index in [9.17, 15) is 18.8 Å². The molecular formula is C21H19ClFN3O3. The van der Waals surface area contributed by atoms with Crippen molar-refractivity contribution in [3.63, 3.8) is 0 Å². The van der Waals surface area contributed by atoms with Gasteiger partial charge in [-0.2, -0.15) is 0 Å². The van der Waals surface area contributed by atoms with E-state index in [-0.39, 0.29) is 41.4 Å². The van der Waals surface area contributed by atoms with Crippen molar-refractivity contribution >= 4 is 46.4 Å². The minimum atomic E-state index is -0.566. The van der Waals surface area contributed by atoms with Gasteiger partial charge >= 0.3 is 0 Å². The van der Waals surface area contributed by atoms with E-state index in [1.54, 1.807) is 15.9 Å². The first-order valence-corrected chi connectivity index (χ1v) is 9.68. The molecule has 0 bridgehead atoms. The summed E-state index contributed by atoms with van der Waals surface area (Å²) in [5.41, 5.74) is 2.76. The highest BCUT2D eigenvalue weighted by Crippen LogP contribution is 2.34. The molecule has 0 spiro atoms. The lowest BCUT2D eigenvalue weighted by molar-refractivity contribution is -0.122. The van der Waals surface area contributed by atoms with Crippen LogP contribution >= 0.6 is 11.6 Å². The molecule has 29 heavy (non-hydrogen) atoms. The first kappa shape index (κ1) is 19.4. The van der Waals surface area contributed by atoms with Crippen LogP contribution in [0, 0.1) is 11.7 Å². The van der Waals surface area contributed by atoms with Gasteiger partial charge in [0.05, 0.1) is 16.6 Å². The molecule has 1 N–H and O–H groups in total. The molecule has 0 aliphatic carbocycles. The van der Waals surface area contributed by atoms with E-state index in [1.807, 2.05) is 12.1 Å². The zero-order valence-corrected chi connectivity index (χ0v) is 16.5. The largest absolute Gasteiger partial charge is 0.324 e. The zero-order chi connectivity index (χ0) is 20.7. The average molecular weight is 416 g/mol. The van der Waals surface area contributed by atoms with Gasteiger partial charge in [-0.25, -0.2) is 4.39 Å². The molecule has 2 heterocycles. The summed E-state index contributed by atoms with van der Waals surface area (Å²) in [5.74, 6) is -1.62. The van der Waals surface area contributed by atoms with E-state index in [0.717, 1.165) is 23.7 Å². The van der Waals surface area contributed by atoms with Crippen LogP contribution in [0.25, 0.3) is 0 Å². The van der Waals surface area contributed by atoms with Gasteiger partial charge in [0.2, 0.25) is 17.7 Å². The SMILES string of the molecule is CC(=O)N1CCc2cc(N3C[C@H](C(=O)Nc4cc(F)ccc4Cl)CC3=O)ccc21. The number of hydrogen-bond donors (Lipinski definition) is 1. The third-order valence-corrected chi connectivity index (χ3v) is 5.66. The van der Waals surface area contributed by atoms with Gasteiger partial charge in [0.15, 0.2) is 0 Å². The third kappa shape index (κ3) is 3.70. The Hall–Kier alpha value is -2.93. The maximum absolute atomic E-state index is 13.4. The molecule has 1 saturated heterocycles. The molecule has 4 rings (SSSR count). The normalized spacial score (nSPS) is 18.2. The van der Waals surface area contributed by atoms with Crippen LogP contribution in [0.4, 0.5) is 21.5 Å². The second-order valence-corrected chi connectivity index (χ2v) is 7.66. The molecule has 2 aliphatic rings. The molecule has 2 aromatic rings. The lowest BCUT2D eigenvalue weighted by Crippen LogP contribution is -2.28. The van der Waals surface area contributed by atoms with Gasteiger partial charge in [-0.05, 0) is 48.4 Å². The van der Waals surface area contributed by atoms with Crippen molar-refractivity contribution in [1.82, 2.24) is 0 Å². The second-order valence-electron chi connectivity index (χ2n) is 7.25. The van der Waals surface area contributed by atoms with Crippen LogP contribution in [-0.2, 0) is 20.8 Å². The van der Waals surface area contributed by atoms with Gasteiger partial charge in [-0.15, -0.1) is 0 Å². The van der Waals surface area contributed by atoms with E-state index >= 15 is 0 Å². The summed E-state index contributed by atoms with van der Waals surface area (Å²) in [6.07, 6.45) is 0.794. The summed E-state index contributed by atoms with van der Waals surface area (Å²) >= 11 is 6.00. The summed E-state index contributed by atoms with van der Waals surface area (Å²) in [6, 6.07) is 9.26. The van der Waals surface area contributed by atoms with Crippen LogP contribution in [0.2, 0.25) is 5.02 Å². The number of halogens is 2. The summed E-state index contributed by atoms with van der Waals surface area (Å²) in [4.78, 5) is 40.1. The van der Waals surface area contributed by atoms with Crippen LogP contribution in [0.3, 0.4) is 0 Å². The predicted octanol–water partition coefficient (Wildman–Crippen LogP) is 3.38. The lowest BCUT2D eigenvalue weighted by Gasteiger charge is -2.19. The number of nitrogens with zero attached hydrogens (tertiary/aromatic N) is 2. The highest BCUT2D eigenvalue weighted by Gasteiger charge is 2.36. The zero-order valence-electron chi connectivity index (χ0n) is 15.7. The molecule has 2 aliphatic heterocycles. The van der Waals surface area contributed by atoms with Crippen LogP contribution in [0.15, 0.2) is 36.4 Å². The molecule has 2 aromatic carbocycles. The fourth-order valence-electron chi connectivity index (χ4n) is 3.84. The number of hydrogen-bond acceptors (Lipinski definition) is 3. The Kier molecular flexibility index (Phi) is 5.00. The van der Waals surface area contributed by atoms with Crippen molar-refractivity contribution in [2.75, 3.05) is 28.2 Å². The van der Waals surface area contributed by atoms with Crippen LogP contribution in [0.1, 0.15) is 18.9 Å². The Bertz CT molecular complexity index is 1030. The van der Waals surface area contributed by atoms with Crippen molar-refractivity contribution < 1.29 is 18.8 Å². The van der Waals surface area contributed by atoms with E-state index in [2.05, 4.69) is 5.32 Å².